The maximum absolute atomic E-state index is 14.1. The summed E-state index contributed by atoms with van der Waals surface area (Å²) in [5.74, 6) is -2.14. The zero-order chi connectivity index (χ0) is 51.9. The van der Waals surface area contributed by atoms with Crippen molar-refractivity contribution in [1.29, 1.82) is 0 Å². The molecule has 1 aliphatic carbocycles. The van der Waals surface area contributed by atoms with Crippen LogP contribution in [-0.4, -0.2) is 127 Å². The van der Waals surface area contributed by atoms with Crippen LogP contribution in [0.15, 0.2) is 65.7 Å². The van der Waals surface area contributed by atoms with Gasteiger partial charge in [0.25, 0.3) is 23.3 Å². The van der Waals surface area contributed by atoms with Crippen LogP contribution in [0.4, 0.5) is 34.4 Å². The molecule has 5 aliphatic heterocycles. The van der Waals surface area contributed by atoms with Crippen LogP contribution in [0.2, 0.25) is 0 Å². The SMILES string of the molecule is CC(=O)Nc1cc(Nc2nc(-c3ccnc(N4CCn5c(cc6c5CC(C)(C)C6)C4=O)c3CO)cn(C)c2=O)ccc1N1CCN(C2CCN(c3ccc4c(c3)C(=O)N([C@H]3CCC(=O)NC3=O)C4=O)CC2)C[C@@H]1C. The third kappa shape index (κ3) is 8.58. The smallest absolute Gasteiger partial charge is 0.293 e. The monoisotopic (exact) mass is 1000 g/mol. The zero-order valence-corrected chi connectivity index (χ0v) is 42.2. The lowest BCUT2D eigenvalue weighted by Crippen LogP contribution is -2.57. The predicted octanol–water partition coefficient (Wildman–Crippen LogP) is 4.20. The van der Waals surface area contributed by atoms with Gasteiger partial charge in [0.1, 0.15) is 17.6 Å². The van der Waals surface area contributed by atoms with Crippen LogP contribution in [0.5, 0.6) is 0 Å². The summed E-state index contributed by atoms with van der Waals surface area (Å²) >= 11 is 0. The number of rotatable bonds is 10. The summed E-state index contributed by atoms with van der Waals surface area (Å²) in [5.41, 5.74) is 7.45. The van der Waals surface area contributed by atoms with Crippen molar-refractivity contribution >= 4 is 69.8 Å². The highest BCUT2D eigenvalue weighted by Crippen LogP contribution is 2.41. The number of anilines is 6. The number of aryl methyl sites for hydroxylation is 1. The van der Waals surface area contributed by atoms with Crippen LogP contribution in [-0.2, 0) is 47.4 Å². The van der Waals surface area contributed by atoms with Crippen molar-refractivity contribution in [3.05, 3.63) is 105 Å². The number of aromatic nitrogens is 4. The number of aliphatic hydroxyl groups excluding tert-OH is 1. The number of hydrogen-bond acceptors (Lipinski definition) is 14. The van der Waals surface area contributed by atoms with Crippen LogP contribution in [0.3, 0.4) is 0 Å². The molecule has 8 heterocycles. The molecule has 0 radical (unpaired) electrons. The van der Waals surface area contributed by atoms with E-state index >= 15 is 0 Å². The highest BCUT2D eigenvalue weighted by atomic mass is 16.3. The predicted molar refractivity (Wildman–Crippen MR) is 277 cm³/mol. The first-order valence-corrected chi connectivity index (χ1v) is 25.5. The minimum atomic E-state index is -1.01. The first-order valence-electron chi connectivity index (χ1n) is 25.5. The number of piperidine rings is 2. The van der Waals surface area contributed by atoms with Gasteiger partial charge >= 0.3 is 0 Å². The van der Waals surface area contributed by atoms with E-state index in [1.807, 2.05) is 24.3 Å². The number of hydrogen-bond donors (Lipinski definition) is 4. The largest absolute Gasteiger partial charge is 0.392 e. The van der Waals surface area contributed by atoms with Crippen molar-refractivity contribution < 1.29 is 33.9 Å². The van der Waals surface area contributed by atoms with Gasteiger partial charge in [0.05, 0.1) is 34.8 Å². The van der Waals surface area contributed by atoms with E-state index in [9.17, 15) is 38.7 Å². The molecule has 3 saturated heterocycles. The number of nitrogens with zero attached hydrogens (tertiary/aromatic N) is 9. The molecule has 20 heteroatoms. The van der Waals surface area contributed by atoms with Crippen molar-refractivity contribution in [3.8, 4) is 11.3 Å². The first-order chi connectivity index (χ1) is 35.5. The Kier molecular flexibility index (Phi) is 12.2. The van der Waals surface area contributed by atoms with E-state index in [1.54, 1.807) is 48.6 Å². The Bertz CT molecular complexity index is 3260. The van der Waals surface area contributed by atoms with Crippen LogP contribution in [0.1, 0.15) is 101 Å². The number of aliphatic hydroxyl groups is 1. The van der Waals surface area contributed by atoms with Crippen LogP contribution >= 0.6 is 0 Å². The second-order valence-corrected chi connectivity index (χ2v) is 21.3. The van der Waals surface area contributed by atoms with Crippen molar-refractivity contribution in [1.82, 2.24) is 34.2 Å². The lowest BCUT2D eigenvalue weighted by molar-refractivity contribution is -0.136. The summed E-state index contributed by atoms with van der Waals surface area (Å²) in [4.78, 5) is 111. The van der Waals surface area contributed by atoms with Crippen molar-refractivity contribution in [2.75, 3.05) is 64.6 Å². The quantitative estimate of drug-likeness (QED) is 0.144. The molecule has 0 unspecified atom stereocenters. The molecule has 6 amide bonds. The molecule has 3 aromatic heterocycles. The number of carbonyl (C=O) groups excluding carboxylic acids is 6. The van der Waals surface area contributed by atoms with Gasteiger partial charge < -0.3 is 34.7 Å². The van der Waals surface area contributed by atoms with Gasteiger partial charge in [-0.3, -0.25) is 53.6 Å². The number of benzene rings is 2. The lowest BCUT2D eigenvalue weighted by atomic mass is 9.90. The number of fused-ring (bicyclic) bond motifs is 4. The van der Waals surface area contributed by atoms with E-state index in [0.717, 1.165) is 68.1 Å². The highest BCUT2D eigenvalue weighted by molar-refractivity contribution is 6.23. The number of nitrogens with one attached hydrogen (secondary N) is 3. The second-order valence-electron chi connectivity index (χ2n) is 21.3. The molecular weight excluding hydrogens is 945 g/mol. The summed E-state index contributed by atoms with van der Waals surface area (Å²) < 4.78 is 3.55. The average Bonchev–Trinajstić information content (AvgIpc) is 3.97. The lowest BCUT2D eigenvalue weighted by Gasteiger charge is -2.47. The van der Waals surface area contributed by atoms with Gasteiger partial charge in [-0.25, -0.2) is 9.97 Å². The van der Waals surface area contributed by atoms with E-state index in [1.165, 1.54) is 22.7 Å². The Balaban J connectivity index is 0.759. The minimum absolute atomic E-state index is 0.0299. The molecule has 0 bridgehead atoms. The Labute approximate surface area is 427 Å². The van der Waals surface area contributed by atoms with E-state index in [0.29, 0.717) is 65.4 Å². The van der Waals surface area contributed by atoms with Gasteiger partial charge in [0.15, 0.2) is 5.82 Å². The molecule has 20 nitrogen and oxygen atoms in total. The fourth-order valence-electron chi connectivity index (χ4n) is 12.2. The molecule has 6 aliphatic rings. The van der Waals surface area contributed by atoms with Crippen LogP contribution in [0, 0.1) is 5.41 Å². The molecule has 0 spiro atoms. The minimum Gasteiger partial charge on any atom is -0.392 e. The summed E-state index contributed by atoms with van der Waals surface area (Å²) in [6.07, 6.45) is 6.96. The van der Waals surface area contributed by atoms with Gasteiger partial charge in [-0.1, -0.05) is 13.8 Å². The van der Waals surface area contributed by atoms with E-state index < -0.39 is 41.8 Å². The highest BCUT2D eigenvalue weighted by Gasteiger charge is 2.45. The Morgan fingerprint density at radius 1 is 0.865 bits per heavy atom. The van der Waals surface area contributed by atoms with Gasteiger partial charge in [0.2, 0.25) is 17.7 Å². The topological polar surface area (TPSA) is 228 Å². The molecule has 2 aromatic carbocycles. The summed E-state index contributed by atoms with van der Waals surface area (Å²) in [5, 5.41) is 19.3. The average molecular weight is 1010 g/mol. The normalized spacial score (nSPS) is 21.0. The standard InChI is InChI=1S/C54H60N12O8/c1-30-27-62(34-13-16-61(17-14-34)35-7-8-37-38(24-35)51(72)66(50(37)71)43-10-11-46(69)59-49(43)70)18-19-63(30)42-9-6-33(23-40(42)56-31(2)68)57-47-53(74)60(5)28-41(58-47)36-12-15-55-48(39(36)29-67)65-21-20-64-44(52(65)73)22-32-25-54(3,4)26-45(32)64/h6-9,12,15,22-24,28,30,34,43,67H,10-11,13-14,16-21,25-27,29H2,1-5H3,(H,56,68)(H,57,58)(H,59,69,70)/t30-,43-/m0/s1. The Morgan fingerprint density at radius 3 is 2.39 bits per heavy atom. The number of amides is 6. The molecule has 2 atom stereocenters. The van der Waals surface area contributed by atoms with Crippen molar-refractivity contribution in [3.63, 3.8) is 0 Å². The number of piperazine rings is 1. The summed E-state index contributed by atoms with van der Waals surface area (Å²) in [7, 11) is 1.63. The summed E-state index contributed by atoms with van der Waals surface area (Å²) in [6.45, 7) is 12.5. The van der Waals surface area contributed by atoms with E-state index in [2.05, 4.69) is 61.0 Å². The maximum atomic E-state index is 14.1. The maximum Gasteiger partial charge on any atom is 0.293 e. The second kappa shape index (κ2) is 18.6. The van der Waals surface area contributed by atoms with Gasteiger partial charge in [0, 0.05) is 119 Å². The van der Waals surface area contributed by atoms with Gasteiger partial charge in [-0.2, -0.15) is 0 Å². The molecular formula is C54H60N12O8. The first kappa shape index (κ1) is 48.6. The Hall–Kier alpha value is -7.71. The van der Waals surface area contributed by atoms with E-state index in [4.69, 9.17) is 4.98 Å². The third-order valence-corrected chi connectivity index (χ3v) is 15.7. The number of pyridine rings is 1. The van der Waals surface area contributed by atoms with Crippen molar-refractivity contribution in [2.45, 2.75) is 97.5 Å². The van der Waals surface area contributed by atoms with Crippen LogP contribution in [0.25, 0.3) is 11.3 Å². The molecule has 384 valence electrons. The fraction of sp³-hybridized carbons (Fsp3) is 0.426. The van der Waals surface area contributed by atoms with Gasteiger partial charge in [-0.15, -0.1) is 0 Å². The zero-order valence-electron chi connectivity index (χ0n) is 42.2. The van der Waals surface area contributed by atoms with Gasteiger partial charge in [-0.05, 0) is 98.5 Å². The van der Waals surface area contributed by atoms with Crippen molar-refractivity contribution in [2.24, 2.45) is 12.5 Å². The number of carbonyl (C=O) groups is 6. The molecule has 11 rings (SSSR count). The summed E-state index contributed by atoms with van der Waals surface area (Å²) in [6, 6.07) is 14.0. The van der Waals surface area contributed by atoms with Crippen LogP contribution < -0.4 is 36.2 Å². The third-order valence-electron chi connectivity index (χ3n) is 15.7. The molecule has 0 saturated carbocycles. The molecule has 5 aromatic rings. The molecule has 4 N–H and O–H groups in total. The molecule has 74 heavy (non-hydrogen) atoms. The Morgan fingerprint density at radius 2 is 1.65 bits per heavy atom. The fourth-order valence-corrected chi connectivity index (χ4v) is 12.2. The van der Waals surface area contributed by atoms with E-state index in [-0.39, 0.29) is 53.1 Å². The number of imide groups is 2. The molecule has 3 fully saturated rings.